The first kappa shape index (κ1) is 16.3. The summed E-state index contributed by atoms with van der Waals surface area (Å²) in [6, 6.07) is 5.47. The SMILES string of the molecule is Cc1cnccc1OCC1CCN(C(=O)c2ccc(Cl)s2)CC1. The summed E-state index contributed by atoms with van der Waals surface area (Å²) in [4.78, 5) is 19.1. The lowest BCUT2D eigenvalue weighted by atomic mass is 9.97. The number of nitrogens with zero attached hydrogens (tertiary/aromatic N) is 2. The second kappa shape index (κ2) is 7.32. The molecule has 2 aromatic heterocycles. The Balaban J connectivity index is 1.49. The Morgan fingerprint density at radius 3 is 2.83 bits per heavy atom. The fourth-order valence-electron chi connectivity index (χ4n) is 2.72. The number of aromatic nitrogens is 1. The van der Waals surface area contributed by atoms with E-state index in [1.807, 2.05) is 24.1 Å². The number of aryl methyl sites for hydroxylation is 1. The topological polar surface area (TPSA) is 42.4 Å². The maximum Gasteiger partial charge on any atom is 0.263 e. The molecule has 4 nitrogen and oxygen atoms in total. The Bertz CT molecular complexity index is 681. The first-order valence-electron chi connectivity index (χ1n) is 7.71. The van der Waals surface area contributed by atoms with E-state index in [4.69, 9.17) is 16.3 Å². The van der Waals surface area contributed by atoms with Gasteiger partial charge in [0.25, 0.3) is 5.91 Å². The van der Waals surface area contributed by atoms with Crippen LogP contribution in [-0.2, 0) is 0 Å². The molecular formula is C17H19ClN2O2S. The van der Waals surface area contributed by atoms with Gasteiger partial charge in [0.05, 0.1) is 15.8 Å². The van der Waals surface area contributed by atoms with E-state index >= 15 is 0 Å². The van der Waals surface area contributed by atoms with Crippen LogP contribution in [0.5, 0.6) is 5.75 Å². The number of amides is 1. The van der Waals surface area contributed by atoms with Gasteiger partial charge in [-0.15, -0.1) is 11.3 Å². The highest BCUT2D eigenvalue weighted by atomic mass is 35.5. The van der Waals surface area contributed by atoms with Crippen molar-refractivity contribution in [3.8, 4) is 5.75 Å². The number of ether oxygens (including phenoxy) is 1. The number of piperidine rings is 1. The minimum absolute atomic E-state index is 0.0891. The molecule has 0 N–H and O–H groups in total. The van der Waals surface area contributed by atoms with Gasteiger partial charge in [-0.3, -0.25) is 9.78 Å². The van der Waals surface area contributed by atoms with E-state index < -0.39 is 0 Å². The van der Waals surface area contributed by atoms with Gasteiger partial charge in [-0.25, -0.2) is 0 Å². The monoisotopic (exact) mass is 350 g/mol. The van der Waals surface area contributed by atoms with Crippen LogP contribution in [0.25, 0.3) is 0 Å². The molecule has 1 saturated heterocycles. The van der Waals surface area contributed by atoms with Crippen molar-refractivity contribution in [2.45, 2.75) is 19.8 Å². The molecule has 1 aliphatic rings. The molecule has 3 heterocycles. The Labute approximate surface area is 145 Å². The van der Waals surface area contributed by atoms with Gasteiger partial charge in [-0.05, 0) is 43.9 Å². The predicted octanol–water partition coefficient (Wildman–Crippen LogP) is 4.04. The van der Waals surface area contributed by atoms with Crippen molar-refractivity contribution in [1.29, 1.82) is 0 Å². The molecule has 0 atom stereocenters. The normalized spacial score (nSPS) is 15.7. The number of carbonyl (C=O) groups is 1. The van der Waals surface area contributed by atoms with Gasteiger partial charge in [0, 0.05) is 31.0 Å². The molecule has 0 spiro atoms. The molecule has 6 heteroatoms. The van der Waals surface area contributed by atoms with Crippen LogP contribution < -0.4 is 4.74 Å². The molecule has 0 bridgehead atoms. The summed E-state index contributed by atoms with van der Waals surface area (Å²) in [6.45, 7) is 4.24. The Morgan fingerprint density at radius 2 is 2.17 bits per heavy atom. The highest BCUT2D eigenvalue weighted by molar-refractivity contribution is 7.17. The lowest BCUT2D eigenvalue weighted by Gasteiger charge is -2.31. The molecule has 0 radical (unpaired) electrons. The minimum atomic E-state index is 0.0891. The highest BCUT2D eigenvalue weighted by Crippen LogP contribution is 2.26. The Hall–Kier alpha value is -1.59. The van der Waals surface area contributed by atoms with Crippen LogP contribution in [0.4, 0.5) is 0 Å². The maximum absolute atomic E-state index is 12.4. The molecule has 3 rings (SSSR count). The number of hydrogen-bond donors (Lipinski definition) is 0. The van der Waals surface area contributed by atoms with E-state index in [-0.39, 0.29) is 5.91 Å². The number of likely N-dealkylation sites (tertiary alicyclic amines) is 1. The van der Waals surface area contributed by atoms with E-state index in [1.54, 1.807) is 18.3 Å². The van der Waals surface area contributed by atoms with Crippen molar-refractivity contribution in [2.24, 2.45) is 5.92 Å². The molecule has 0 saturated carbocycles. The molecule has 0 aliphatic carbocycles. The average Bonchev–Trinajstić information content (AvgIpc) is 3.00. The largest absolute Gasteiger partial charge is 0.493 e. The van der Waals surface area contributed by atoms with Crippen LogP contribution in [-0.4, -0.2) is 35.5 Å². The van der Waals surface area contributed by atoms with Gasteiger partial charge < -0.3 is 9.64 Å². The Kier molecular flexibility index (Phi) is 5.18. The van der Waals surface area contributed by atoms with Crippen molar-refractivity contribution in [3.63, 3.8) is 0 Å². The van der Waals surface area contributed by atoms with Gasteiger partial charge in [-0.1, -0.05) is 11.6 Å². The lowest BCUT2D eigenvalue weighted by Crippen LogP contribution is -2.39. The number of hydrogen-bond acceptors (Lipinski definition) is 4. The van der Waals surface area contributed by atoms with Gasteiger partial charge >= 0.3 is 0 Å². The molecule has 122 valence electrons. The zero-order valence-corrected chi connectivity index (χ0v) is 14.6. The summed E-state index contributed by atoms with van der Waals surface area (Å²) >= 11 is 7.25. The zero-order chi connectivity index (χ0) is 16.2. The van der Waals surface area contributed by atoms with Gasteiger partial charge in [-0.2, -0.15) is 0 Å². The van der Waals surface area contributed by atoms with Crippen LogP contribution in [0.1, 0.15) is 28.1 Å². The van der Waals surface area contributed by atoms with Gasteiger partial charge in [0.15, 0.2) is 0 Å². The van der Waals surface area contributed by atoms with Gasteiger partial charge in [0.2, 0.25) is 0 Å². The van der Waals surface area contributed by atoms with Crippen LogP contribution in [0.3, 0.4) is 0 Å². The number of pyridine rings is 1. The summed E-state index contributed by atoms with van der Waals surface area (Å²) in [5, 5.41) is 0. The molecule has 0 unspecified atom stereocenters. The molecule has 0 aromatic carbocycles. The van der Waals surface area contributed by atoms with Crippen molar-refractivity contribution in [2.75, 3.05) is 19.7 Å². The highest BCUT2D eigenvalue weighted by Gasteiger charge is 2.25. The van der Waals surface area contributed by atoms with Crippen LogP contribution in [0.15, 0.2) is 30.6 Å². The van der Waals surface area contributed by atoms with Gasteiger partial charge in [0.1, 0.15) is 5.75 Å². The van der Waals surface area contributed by atoms with Crippen LogP contribution in [0, 0.1) is 12.8 Å². The second-order valence-corrected chi connectivity index (χ2v) is 7.51. The molecule has 2 aromatic rings. The summed E-state index contributed by atoms with van der Waals surface area (Å²) in [7, 11) is 0. The predicted molar refractivity (Wildman–Crippen MR) is 92.4 cm³/mol. The van der Waals surface area contributed by atoms with Crippen molar-refractivity contribution >= 4 is 28.8 Å². The average molecular weight is 351 g/mol. The lowest BCUT2D eigenvalue weighted by molar-refractivity contribution is 0.0665. The minimum Gasteiger partial charge on any atom is -0.493 e. The number of carbonyl (C=O) groups excluding carboxylic acids is 1. The zero-order valence-electron chi connectivity index (χ0n) is 13.0. The summed E-state index contributed by atoms with van der Waals surface area (Å²) < 4.78 is 6.56. The van der Waals surface area contributed by atoms with Crippen molar-refractivity contribution in [3.05, 3.63) is 45.4 Å². The fourth-order valence-corrected chi connectivity index (χ4v) is 3.73. The van der Waals surface area contributed by atoms with E-state index in [9.17, 15) is 4.79 Å². The molecule has 1 amide bonds. The maximum atomic E-state index is 12.4. The second-order valence-electron chi connectivity index (χ2n) is 5.79. The fraction of sp³-hybridized carbons (Fsp3) is 0.412. The smallest absolute Gasteiger partial charge is 0.263 e. The number of halogens is 1. The molecule has 23 heavy (non-hydrogen) atoms. The third kappa shape index (κ3) is 4.03. The van der Waals surface area contributed by atoms with E-state index in [2.05, 4.69) is 4.98 Å². The summed E-state index contributed by atoms with van der Waals surface area (Å²) in [6.07, 6.45) is 5.49. The number of thiophene rings is 1. The van der Waals surface area contributed by atoms with E-state index in [0.29, 0.717) is 16.9 Å². The van der Waals surface area contributed by atoms with Crippen molar-refractivity contribution < 1.29 is 9.53 Å². The molecular weight excluding hydrogens is 332 g/mol. The van der Waals surface area contributed by atoms with Crippen LogP contribution in [0.2, 0.25) is 4.34 Å². The van der Waals surface area contributed by atoms with E-state index in [0.717, 1.165) is 42.1 Å². The van der Waals surface area contributed by atoms with Crippen LogP contribution >= 0.6 is 22.9 Å². The third-order valence-electron chi connectivity index (χ3n) is 4.13. The summed E-state index contributed by atoms with van der Waals surface area (Å²) in [5.74, 6) is 1.47. The summed E-state index contributed by atoms with van der Waals surface area (Å²) in [5.41, 5.74) is 1.05. The molecule has 1 aliphatic heterocycles. The first-order valence-corrected chi connectivity index (χ1v) is 8.91. The molecule has 1 fully saturated rings. The Morgan fingerprint density at radius 1 is 1.39 bits per heavy atom. The standard InChI is InChI=1S/C17H19ClN2O2S/c1-12-10-19-7-4-14(12)22-11-13-5-8-20(9-6-13)17(21)15-2-3-16(18)23-15/h2-4,7,10,13H,5-6,8-9,11H2,1H3. The van der Waals surface area contributed by atoms with E-state index in [1.165, 1.54) is 11.3 Å². The van der Waals surface area contributed by atoms with Crippen molar-refractivity contribution in [1.82, 2.24) is 9.88 Å². The third-order valence-corrected chi connectivity index (χ3v) is 5.35. The number of rotatable bonds is 4. The first-order chi connectivity index (χ1) is 11.1. The quantitative estimate of drug-likeness (QED) is 0.835.